The van der Waals surface area contributed by atoms with E-state index >= 15 is 0 Å². The normalized spacial score (nSPS) is 19.2. The summed E-state index contributed by atoms with van der Waals surface area (Å²) in [6, 6.07) is 9.75. The third-order valence-electron chi connectivity index (χ3n) is 3.93. The maximum atomic E-state index is 12.4. The lowest BCUT2D eigenvalue weighted by atomic mass is 9.98. The minimum atomic E-state index is -0.643. The number of morpholine rings is 1. The summed E-state index contributed by atoms with van der Waals surface area (Å²) in [4.78, 5) is 14.6. The Morgan fingerprint density at radius 2 is 2.00 bits per heavy atom. The van der Waals surface area contributed by atoms with E-state index in [0.717, 1.165) is 18.7 Å². The first-order valence-electron chi connectivity index (χ1n) is 7.41. The lowest BCUT2D eigenvalue weighted by Gasteiger charge is -2.44. The van der Waals surface area contributed by atoms with Gasteiger partial charge in [0.2, 0.25) is 0 Å². The molecule has 0 radical (unpaired) electrons. The molecule has 1 aromatic rings. The van der Waals surface area contributed by atoms with Crippen LogP contribution in [0.4, 0.5) is 0 Å². The van der Waals surface area contributed by atoms with Crippen LogP contribution in [0.15, 0.2) is 30.3 Å². The Kier molecular flexibility index (Phi) is 4.69. The van der Waals surface area contributed by atoms with E-state index < -0.39 is 5.54 Å². The number of benzene rings is 1. The van der Waals surface area contributed by atoms with Gasteiger partial charge in [-0.3, -0.25) is 9.69 Å². The molecule has 0 spiro atoms. The molecule has 0 N–H and O–H groups in total. The van der Waals surface area contributed by atoms with Gasteiger partial charge in [0.25, 0.3) is 0 Å². The molecule has 4 nitrogen and oxygen atoms in total. The molecule has 0 aromatic heterocycles. The van der Waals surface area contributed by atoms with Gasteiger partial charge in [0.1, 0.15) is 12.1 Å². The molecule has 1 fully saturated rings. The smallest absolute Gasteiger partial charge is 0.326 e. The highest BCUT2D eigenvalue weighted by molar-refractivity contribution is 5.79. The van der Waals surface area contributed by atoms with Crippen LogP contribution >= 0.6 is 0 Å². The molecule has 2 rings (SSSR count). The van der Waals surface area contributed by atoms with Gasteiger partial charge >= 0.3 is 5.97 Å². The Balaban J connectivity index is 1.96. The molecule has 1 aromatic carbocycles. The number of hydrogen-bond acceptors (Lipinski definition) is 4. The summed E-state index contributed by atoms with van der Waals surface area (Å²) in [5.41, 5.74) is 0.134. The number of carbonyl (C=O) groups excluding carboxylic acids is 1. The summed E-state index contributed by atoms with van der Waals surface area (Å²) < 4.78 is 11.2. The zero-order valence-corrected chi connectivity index (χ0v) is 13.4. The van der Waals surface area contributed by atoms with Crippen LogP contribution < -0.4 is 0 Å². The molecule has 116 valence electrons. The summed E-state index contributed by atoms with van der Waals surface area (Å²) in [6.45, 7) is 10.4. The number of rotatable bonds is 4. The van der Waals surface area contributed by atoms with E-state index in [9.17, 15) is 4.79 Å². The van der Waals surface area contributed by atoms with Gasteiger partial charge < -0.3 is 9.47 Å². The van der Waals surface area contributed by atoms with Crippen LogP contribution in [-0.4, -0.2) is 41.7 Å². The Hall–Kier alpha value is -1.39. The van der Waals surface area contributed by atoms with E-state index in [-0.39, 0.29) is 11.6 Å². The van der Waals surface area contributed by atoms with Crippen LogP contribution in [0.25, 0.3) is 0 Å². The molecular formula is C17H25NO3. The van der Waals surface area contributed by atoms with E-state index in [0.29, 0.717) is 13.2 Å². The van der Waals surface area contributed by atoms with Crippen molar-refractivity contribution in [3.63, 3.8) is 0 Å². The van der Waals surface area contributed by atoms with E-state index in [2.05, 4.69) is 4.90 Å². The van der Waals surface area contributed by atoms with E-state index in [1.807, 2.05) is 58.0 Å². The third-order valence-corrected chi connectivity index (χ3v) is 3.93. The first kappa shape index (κ1) is 16.0. The molecular weight excluding hydrogens is 266 g/mol. The first-order chi connectivity index (χ1) is 9.81. The van der Waals surface area contributed by atoms with Crippen molar-refractivity contribution in [2.24, 2.45) is 0 Å². The Labute approximate surface area is 127 Å². The zero-order chi connectivity index (χ0) is 15.5. The van der Waals surface area contributed by atoms with Crippen LogP contribution in [0, 0.1) is 0 Å². The second-order valence-electron chi connectivity index (χ2n) is 6.65. The summed E-state index contributed by atoms with van der Waals surface area (Å²) >= 11 is 0. The molecule has 0 unspecified atom stereocenters. The van der Waals surface area contributed by atoms with Crippen molar-refractivity contribution in [2.45, 2.75) is 45.4 Å². The van der Waals surface area contributed by atoms with Gasteiger partial charge in [-0.25, -0.2) is 0 Å². The fourth-order valence-electron chi connectivity index (χ4n) is 2.52. The molecule has 1 heterocycles. The molecule has 0 bridgehead atoms. The molecule has 1 saturated heterocycles. The maximum absolute atomic E-state index is 12.4. The zero-order valence-electron chi connectivity index (χ0n) is 13.4. The van der Waals surface area contributed by atoms with Crippen molar-refractivity contribution in [2.75, 3.05) is 19.7 Å². The molecule has 1 aliphatic rings. The fourth-order valence-corrected chi connectivity index (χ4v) is 2.52. The highest BCUT2D eigenvalue weighted by Gasteiger charge is 2.41. The lowest BCUT2D eigenvalue weighted by molar-refractivity contribution is -0.167. The topological polar surface area (TPSA) is 38.8 Å². The molecule has 0 aliphatic carbocycles. The van der Waals surface area contributed by atoms with Gasteiger partial charge in [-0.05, 0) is 33.3 Å². The van der Waals surface area contributed by atoms with Gasteiger partial charge in [0.15, 0.2) is 0 Å². The predicted octanol–water partition coefficient (Wildman–Crippen LogP) is 2.62. The van der Waals surface area contributed by atoms with Gasteiger partial charge in [0, 0.05) is 13.1 Å². The second-order valence-corrected chi connectivity index (χ2v) is 6.65. The maximum Gasteiger partial charge on any atom is 0.326 e. The quantitative estimate of drug-likeness (QED) is 0.799. The molecule has 0 saturated carbocycles. The highest BCUT2D eigenvalue weighted by Crippen LogP contribution is 2.25. The third kappa shape index (κ3) is 4.05. The molecule has 4 heteroatoms. The minimum absolute atomic E-state index is 0.191. The molecule has 0 amide bonds. The highest BCUT2D eigenvalue weighted by atomic mass is 16.5. The lowest BCUT2D eigenvalue weighted by Crippen LogP contribution is -2.59. The first-order valence-corrected chi connectivity index (χ1v) is 7.41. The van der Waals surface area contributed by atoms with Crippen molar-refractivity contribution in [1.29, 1.82) is 0 Å². The molecule has 0 atom stereocenters. The monoisotopic (exact) mass is 291 g/mol. The van der Waals surface area contributed by atoms with Crippen molar-refractivity contribution >= 4 is 5.97 Å². The Bertz CT molecular complexity index is 482. The Morgan fingerprint density at radius 1 is 1.33 bits per heavy atom. The summed E-state index contributed by atoms with van der Waals surface area (Å²) in [5.74, 6) is -0.191. The summed E-state index contributed by atoms with van der Waals surface area (Å²) in [6.07, 6.45) is 0. The average molecular weight is 291 g/mol. The van der Waals surface area contributed by atoms with Crippen LogP contribution in [0.3, 0.4) is 0 Å². The summed E-state index contributed by atoms with van der Waals surface area (Å²) in [5, 5.41) is 0. The number of hydrogen-bond donors (Lipinski definition) is 0. The van der Waals surface area contributed by atoms with Crippen molar-refractivity contribution in [1.82, 2.24) is 4.90 Å². The van der Waals surface area contributed by atoms with Gasteiger partial charge in [-0.2, -0.15) is 0 Å². The largest absolute Gasteiger partial charge is 0.459 e. The van der Waals surface area contributed by atoms with Gasteiger partial charge in [-0.15, -0.1) is 0 Å². The van der Waals surface area contributed by atoms with Crippen LogP contribution in [0.2, 0.25) is 0 Å². The molecule has 21 heavy (non-hydrogen) atoms. The molecule has 1 aliphatic heterocycles. The van der Waals surface area contributed by atoms with Crippen LogP contribution in [0.1, 0.15) is 33.3 Å². The fraction of sp³-hybridized carbons (Fsp3) is 0.588. The average Bonchev–Trinajstić information content (AvgIpc) is 2.44. The van der Waals surface area contributed by atoms with Crippen molar-refractivity contribution < 1.29 is 14.3 Å². The van der Waals surface area contributed by atoms with Gasteiger partial charge in [-0.1, -0.05) is 30.3 Å². The second kappa shape index (κ2) is 6.16. The van der Waals surface area contributed by atoms with Crippen molar-refractivity contribution in [3.8, 4) is 0 Å². The van der Waals surface area contributed by atoms with Crippen LogP contribution in [-0.2, 0) is 20.9 Å². The number of ether oxygens (including phenoxy) is 2. The van der Waals surface area contributed by atoms with Crippen molar-refractivity contribution in [3.05, 3.63) is 35.9 Å². The predicted molar refractivity (Wildman–Crippen MR) is 81.9 cm³/mol. The van der Waals surface area contributed by atoms with E-state index in [1.165, 1.54) is 0 Å². The van der Waals surface area contributed by atoms with E-state index in [4.69, 9.17) is 9.47 Å². The Morgan fingerprint density at radius 3 is 2.62 bits per heavy atom. The van der Waals surface area contributed by atoms with E-state index in [1.54, 1.807) is 0 Å². The number of carbonyl (C=O) groups is 1. The minimum Gasteiger partial charge on any atom is -0.459 e. The standard InChI is InChI=1S/C17H25NO3/c1-16(2)13-18(10-11-21-16)17(3,4)15(19)20-12-14-8-6-5-7-9-14/h5-9H,10-13H2,1-4H3. The number of esters is 1. The summed E-state index contributed by atoms with van der Waals surface area (Å²) in [7, 11) is 0. The van der Waals surface area contributed by atoms with Gasteiger partial charge in [0.05, 0.1) is 12.2 Å². The van der Waals surface area contributed by atoms with Crippen LogP contribution in [0.5, 0.6) is 0 Å². The SMILES string of the molecule is CC1(C)CN(C(C)(C)C(=O)OCc2ccccc2)CCO1. The number of nitrogens with zero attached hydrogens (tertiary/aromatic N) is 1.